The fraction of sp³-hybridized carbons (Fsp3) is 0.667. The van der Waals surface area contributed by atoms with Gasteiger partial charge in [-0.3, -0.25) is 5.32 Å². The maximum absolute atomic E-state index is 12.2. The predicted octanol–water partition coefficient (Wildman–Crippen LogP) is 3.58. The van der Waals surface area contributed by atoms with E-state index < -0.39 is 0 Å². The Labute approximate surface area is 119 Å². The monoisotopic (exact) mass is 281 g/mol. The predicted molar refractivity (Wildman–Crippen MR) is 78.4 cm³/mol. The van der Waals surface area contributed by atoms with Crippen LogP contribution >= 0.6 is 11.3 Å². The van der Waals surface area contributed by atoms with E-state index in [0.717, 1.165) is 4.88 Å². The molecule has 0 aromatic carbocycles. The molecule has 1 unspecified atom stereocenters. The van der Waals surface area contributed by atoms with Crippen molar-refractivity contribution in [1.29, 1.82) is 0 Å². The molecule has 2 rings (SSSR count). The first-order valence-corrected chi connectivity index (χ1v) is 8.07. The second-order valence-electron chi connectivity index (χ2n) is 5.15. The fourth-order valence-electron chi connectivity index (χ4n) is 2.66. The summed E-state index contributed by atoms with van der Waals surface area (Å²) in [5.41, 5.74) is 1.17. The Hall–Kier alpha value is -0.870. The zero-order chi connectivity index (χ0) is 13.7. The van der Waals surface area contributed by atoms with Gasteiger partial charge in [0.25, 0.3) is 0 Å². The number of ether oxygens (including phenoxy) is 1. The van der Waals surface area contributed by atoms with Gasteiger partial charge in [-0.2, -0.15) is 0 Å². The van der Waals surface area contributed by atoms with Gasteiger partial charge in [-0.15, -0.1) is 11.3 Å². The van der Waals surface area contributed by atoms with Crippen molar-refractivity contribution >= 4 is 17.3 Å². The van der Waals surface area contributed by atoms with Crippen LogP contribution in [0, 0.1) is 6.92 Å². The molecule has 1 N–H and O–H groups in total. The quantitative estimate of drug-likeness (QED) is 0.838. The molecule has 1 saturated carbocycles. The number of thiophene rings is 1. The van der Waals surface area contributed by atoms with E-state index in [9.17, 15) is 4.79 Å². The SMILES string of the molecule is CCOC(=O)C(NC1CCCCC1)c1sccc1C. The third kappa shape index (κ3) is 3.80. The summed E-state index contributed by atoms with van der Waals surface area (Å²) in [6, 6.07) is 2.22. The minimum absolute atomic E-state index is 0.140. The van der Waals surface area contributed by atoms with Crippen LogP contribution in [0.4, 0.5) is 0 Å². The largest absolute Gasteiger partial charge is 0.465 e. The van der Waals surface area contributed by atoms with Crippen LogP contribution in [0.3, 0.4) is 0 Å². The van der Waals surface area contributed by atoms with E-state index in [4.69, 9.17) is 4.74 Å². The average Bonchev–Trinajstić information content (AvgIpc) is 2.83. The van der Waals surface area contributed by atoms with E-state index in [0.29, 0.717) is 12.6 Å². The minimum atomic E-state index is -0.289. The summed E-state index contributed by atoms with van der Waals surface area (Å²) >= 11 is 1.64. The lowest BCUT2D eigenvalue weighted by molar-refractivity contribution is -0.146. The number of carbonyl (C=O) groups excluding carboxylic acids is 1. The van der Waals surface area contributed by atoms with Crippen LogP contribution in [-0.4, -0.2) is 18.6 Å². The lowest BCUT2D eigenvalue weighted by Gasteiger charge is -2.27. The Morgan fingerprint density at radius 3 is 2.79 bits per heavy atom. The average molecular weight is 281 g/mol. The second-order valence-corrected chi connectivity index (χ2v) is 6.10. The van der Waals surface area contributed by atoms with Crippen molar-refractivity contribution in [2.75, 3.05) is 6.61 Å². The number of hydrogen-bond acceptors (Lipinski definition) is 4. The molecular weight excluding hydrogens is 258 g/mol. The number of aryl methyl sites for hydroxylation is 1. The number of carbonyl (C=O) groups is 1. The lowest BCUT2D eigenvalue weighted by Crippen LogP contribution is -2.39. The maximum atomic E-state index is 12.2. The minimum Gasteiger partial charge on any atom is -0.465 e. The Balaban J connectivity index is 2.09. The number of rotatable bonds is 5. The molecule has 1 aliphatic rings. The van der Waals surface area contributed by atoms with Crippen molar-refractivity contribution in [1.82, 2.24) is 5.32 Å². The molecule has 0 amide bonds. The molecule has 1 atom stereocenters. The van der Waals surface area contributed by atoms with Crippen LogP contribution in [0.5, 0.6) is 0 Å². The molecule has 1 fully saturated rings. The maximum Gasteiger partial charge on any atom is 0.328 e. The Morgan fingerprint density at radius 2 is 2.21 bits per heavy atom. The van der Waals surface area contributed by atoms with Crippen LogP contribution < -0.4 is 5.32 Å². The highest BCUT2D eigenvalue weighted by molar-refractivity contribution is 7.10. The fourth-order valence-corrected chi connectivity index (χ4v) is 3.63. The highest BCUT2D eigenvalue weighted by Gasteiger charge is 2.27. The van der Waals surface area contributed by atoms with Gasteiger partial charge < -0.3 is 4.74 Å². The summed E-state index contributed by atoms with van der Waals surface area (Å²) in [6.07, 6.45) is 6.17. The Kier molecular flexibility index (Phi) is 5.40. The molecule has 19 heavy (non-hydrogen) atoms. The van der Waals surface area contributed by atoms with Crippen molar-refractivity contribution in [2.45, 2.75) is 58.0 Å². The van der Waals surface area contributed by atoms with Crippen molar-refractivity contribution in [3.8, 4) is 0 Å². The first-order chi connectivity index (χ1) is 9.22. The van der Waals surface area contributed by atoms with Crippen LogP contribution in [0.15, 0.2) is 11.4 Å². The van der Waals surface area contributed by atoms with Crippen LogP contribution in [-0.2, 0) is 9.53 Å². The summed E-state index contributed by atoms with van der Waals surface area (Å²) in [6.45, 7) is 4.35. The van der Waals surface area contributed by atoms with E-state index in [1.807, 2.05) is 12.3 Å². The number of nitrogens with one attached hydrogen (secondary N) is 1. The molecule has 1 heterocycles. The first-order valence-electron chi connectivity index (χ1n) is 7.19. The smallest absolute Gasteiger partial charge is 0.328 e. The Bertz CT molecular complexity index is 410. The molecule has 1 aromatic rings. The van der Waals surface area contributed by atoms with Crippen molar-refractivity contribution < 1.29 is 9.53 Å². The molecule has 1 aromatic heterocycles. The van der Waals surface area contributed by atoms with Gasteiger partial charge in [0.05, 0.1) is 6.61 Å². The third-order valence-corrected chi connectivity index (χ3v) is 4.78. The normalized spacial score (nSPS) is 18.2. The van der Waals surface area contributed by atoms with E-state index in [2.05, 4.69) is 18.3 Å². The summed E-state index contributed by atoms with van der Waals surface area (Å²) in [7, 11) is 0. The van der Waals surface area contributed by atoms with E-state index in [-0.39, 0.29) is 12.0 Å². The van der Waals surface area contributed by atoms with Gasteiger partial charge in [-0.1, -0.05) is 19.3 Å². The molecule has 3 nitrogen and oxygen atoms in total. The van der Waals surface area contributed by atoms with Crippen molar-refractivity contribution in [3.05, 3.63) is 21.9 Å². The molecule has 0 bridgehead atoms. The summed E-state index contributed by atoms with van der Waals surface area (Å²) < 4.78 is 5.23. The lowest BCUT2D eigenvalue weighted by atomic mass is 9.94. The van der Waals surface area contributed by atoms with Gasteiger partial charge in [0.1, 0.15) is 6.04 Å². The molecule has 0 radical (unpaired) electrons. The van der Waals surface area contributed by atoms with E-state index >= 15 is 0 Å². The van der Waals surface area contributed by atoms with Crippen LogP contribution in [0.25, 0.3) is 0 Å². The molecule has 0 aliphatic heterocycles. The molecule has 1 aliphatic carbocycles. The molecule has 0 saturated heterocycles. The van der Waals surface area contributed by atoms with Crippen LogP contribution in [0.1, 0.15) is 55.5 Å². The summed E-state index contributed by atoms with van der Waals surface area (Å²) in [4.78, 5) is 13.3. The number of hydrogen-bond donors (Lipinski definition) is 1. The van der Waals surface area contributed by atoms with Crippen molar-refractivity contribution in [2.24, 2.45) is 0 Å². The van der Waals surface area contributed by atoms with Gasteiger partial charge in [-0.25, -0.2) is 4.79 Å². The second kappa shape index (κ2) is 7.06. The van der Waals surface area contributed by atoms with Gasteiger partial charge in [0.2, 0.25) is 0 Å². The first kappa shape index (κ1) is 14.5. The van der Waals surface area contributed by atoms with Crippen molar-refractivity contribution in [3.63, 3.8) is 0 Å². The highest BCUT2D eigenvalue weighted by atomic mass is 32.1. The van der Waals surface area contributed by atoms with E-state index in [1.54, 1.807) is 11.3 Å². The van der Waals surface area contributed by atoms with Gasteiger partial charge in [-0.05, 0) is 43.7 Å². The molecule has 4 heteroatoms. The van der Waals surface area contributed by atoms with Gasteiger partial charge in [0, 0.05) is 10.9 Å². The van der Waals surface area contributed by atoms with Crippen LogP contribution in [0.2, 0.25) is 0 Å². The summed E-state index contributed by atoms with van der Waals surface area (Å²) in [5.74, 6) is -0.140. The zero-order valence-corrected chi connectivity index (χ0v) is 12.6. The number of esters is 1. The zero-order valence-electron chi connectivity index (χ0n) is 11.8. The summed E-state index contributed by atoms with van der Waals surface area (Å²) in [5, 5.41) is 5.56. The Morgan fingerprint density at radius 1 is 1.47 bits per heavy atom. The molecular formula is C15H23NO2S. The highest BCUT2D eigenvalue weighted by Crippen LogP contribution is 2.28. The van der Waals surface area contributed by atoms with Gasteiger partial charge >= 0.3 is 5.97 Å². The molecule has 106 valence electrons. The van der Waals surface area contributed by atoms with E-state index in [1.165, 1.54) is 37.7 Å². The molecule has 0 spiro atoms. The topological polar surface area (TPSA) is 38.3 Å². The van der Waals surface area contributed by atoms with Gasteiger partial charge in [0.15, 0.2) is 0 Å². The third-order valence-electron chi connectivity index (χ3n) is 3.69. The standard InChI is InChI=1S/C15H23NO2S/c1-3-18-15(17)13(14-11(2)9-10-19-14)16-12-7-5-4-6-8-12/h9-10,12-13,16H,3-8H2,1-2H3.